The molecule has 0 aliphatic heterocycles. The first-order valence-electron chi connectivity index (χ1n) is 12.8. The molecule has 0 fully saturated rings. The Kier molecular flexibility index (Phi) is 11.5. The summed E-state index contributed by atoms with van der Waals surface area (Å²) in [6, 6.07) is 17.1. The van der Waals surface area contributed by atoms with Gasteiger partial charge in [0.1, 0.15) is 12.6 Å². The van der Waals surface area contributed by atoms with Gasteiger partial charge >= 0.3 is 0 Å². The van der Waals surface area contributed by atoms with Crippen LogP contribution in [0.1, 0.15) is 37.8 Å². The van der Waals surface area contributed by atoms with Crippen LogP contribution in [0.2, 0.25) is 10.0 Å². The topological polar surface area (TPSA) is 86.8 Å². The molecule has 0 bridgehead atoms. The van der Waals surface area contributed by atoms with Crippen LogP contribution in [-0.4, -0.2) is 44.3 Å². The predicted octanol–water partition coefficient (Wildman–Crippen LogP) is 6.59. The highest BCUT2D eigenvalue weighted by molar-refractivity contribution is 9.10. The van der Waals surface area contributed by atoms with Crippen molar-refractivity contribution in [3.63, 3.8) is 0 Å². The van der Waals surface area contributed by atoms with Gasteiger partial charge in [-0.3, -0.25) is 13.9 Å². The summed E-state index contributed by atoms with van der Waals surface area (Å²) in [5.41, 5.74) is 1.66. The molecule has 40 heavy (non-hydrogen) atoms. The zero-order valence-corrected chi connectivity index (χ0v) is 26.4. The van der Waals surface area contributed by atoms with Gasteiger partial charge in [0.05, 0.1) is 10.6 Å². The third-order valence-electron chi connectivity index (χ3n) is 6.39. The Morgan fingerprint density at radius 2 is 1.57 bits per heavy atom. The Bertz CT molecular complexity index is 1410. The van der Waals surface area contributed by atoms with E-state index in [1.807, 2.05) is 13.8 Å². The summed E-state index contributed by atoms with van der Waals surface area (Å²) in [5, 5.41) is 3.52. The van der Waals surface area contributed by atoms with E-state index in [2.05, 4.69) is 21.2 Å². The lowest BCUT2D eigenvalue weighted by Crippen LogP contribution is -2.51. The van der Waals surface area contributed by atoms with Gasteiger partial charge in [-0.15, -0.1) is 0 Å². The van der Waals surface area contributed by atoms with Crippen molar-refractivity contribution in [2.45, 2.75) is 51.1 Å². The molecule has 1 atom stereocenters. The number of aryl methyl sites for hydroxylation is 1. The van der Waals surface area contributed by atoms with E-state index >= 15 is 0 Å². The van der Waals surface area contributed by atoms with E-state index in [0.717, 1.165) is 27.2 Å². The number of hydrogen-bond donors (Lipinski definition) is 1. The predicted molar refractivity (Wildman–Crippen MR) is 164 cm³/mol. The van der Waals surface area contributed by atoms with E-state index in [1.54, 1.807) is 61.5 Å². The van der Waals surface area contributed by atoms with Crippen molar-refractivity contribution < 1.29 is 18.0 Å². The van der Waals surface area contributed by atoms with Crippen LogP contribution in [0.5, 0.6) is 0 Å². The minimum absolute atomic E-state index is 0.0416. The van der Waals surface area contributed by atoms with Gasteiger partial charge in [0.25, 0.3) is 10.0 Å². The molecule has 0 saturated carbocycles. The fraction of sp³-hybridized carbons (Fsp3) is 0.310. The Morgan fingerprint density at radius 3 is 2.15 bits per heavy atom. The number of amides is 2. The number of carbonyl (C=O) groups excluding carboxylic acids is 2. The zero-order valence-electron chi connectivity index (χ0n) is 22.5. The summed E-state index contributed by atoms with van der Waals surface area (Å²) in [7, 11) is -4.15. The number of unbranched alkanes of at least 4 members (excludes halogenated alkanes) is 1. The molecule has 0 heterocycles. The fourth-order valence-electron chi connectivity index (χ4n) is 3.95. The maximum Gasteiger partial charge on any atom is 0.264 e. The molecule has 0 aliphatic carbocycles. The molecule has 214 valence electrons. The van der Waals surface area contributed by atoms with Gasteiger partial charge in [-0.05, 0) is 68.8 Å². The summed E-state index contributed by atoms with van der Waals surface area (Å²) in [5.74, 6) is -0.950. The highest BCUT2D eigenvalue weighted by Gasteiger charge is 2.33. The monoisotopic (exact) mass is 667 g/mol. The quantitative estimate of drug-likeness (QED) is 0.221. The number of rotatable bonds is 12. The molecule has 7 nitrogen and oxygen atoms in total. The number of anilines is 1. The van der Waals surface area contributed by atoms with E-state index < -0.39 is 28.5 Å². The maximum absolute atomic E-state index is 14.0. The van der Waals surface area contributed by atoms with Gasteiger partial charge in [-0.2, -0.15) is 0 Å². The molecule has 1 unspecified atom stereocenters. The van der Waals surface area contributed by atoms with Gasteiger partial charge in [-0.1, -0.05) is 76.2 Å². The van der Waals surface area contributed by atoms with Crippen LogP contribution in [0.4, 0.5) is 5.69 Å². The first-order chi connectivity index (χ1) is 18.9. The van der Waals surface area contributed by atoms with Crippen molar-refractivity contribution in [3.8, 4) is 0 Å². The molecule has 0 aliphatic rings. The second-order valence-corrected chi connectivity index (χ2v) is 12.9. The summed E-state index contributed by atoms with van der Waals surface area (Å²) < 4.78 is 29.5. The molecule has 3 aromatic rings. The minimum Gasteiger partial charge on any atom is -0.354 e. The number of benzene rings is 3. The van der Waals surface area contributed by atoms with Gasteiger partial charge in [0.2, 0.25) is 11.8 Å². The van der Waals surface area contributed by atoms with Crippen LogP contribution in [0.15, 0.2) is 76.1 Å². The number of nitrogens with zero attached hydrogens (tertiary/aromatic N) is 2. The average molecular weight is 669 g/mol. The highest BCUT2D eigenvalue weighted by Crippen LogP contribution is 2.29. The molecule has 1 N–H and O–H groups in total. The van der Waals surface area contributed by atoms with Crippen LogP contribution in [0, 0.1) is 6.92 Å². The Balaban J connectivity index is 2.03. The van der Waals surface area contributed by atoms with Gasteiger partial charge in [0.15, 0.2) is 0 Å². The number of hydrogen-bond acceptors (Lipinski definition) is 4. The van der Waals surface area contributed by atoms with Crippen LogP contribution >= 0.6 is 39.1 Å². The summed E-state index contributed by atoms with van der Waals surface area (Å²) >= 11 is 16.2. The van der Waals surface area contributed by atoms with E-state index in [4.69, 9.17) is 23.2 Å². The fourth-order valence-corrected chi connectivity index (χ4v) is 6.14. The normalized spacial score (nSPS) is 12.1. The third kappa shape index (κ3) is 8.00. The lowest BCUT2D eigenvalue weighted by Gasteiger charge is -2.32. The first-order valence-corrected chi connectivity index (χ1v) is 15.8. The smallest absolute Gasteiger partial charge is 0.264 e. The van der Waals surface area contributed by atoms with E-state index in [1.165, 1.54) is 17.0 Å². The molecule has 3 rings (SSSR count). The van der Waals surface area contributed by atoms with Crippen LogP contribution in [-0.2, 0) is 26.2 Å². The Labute approximate surface area is 254 Å². The van der Waals surface area contributed by atoms with Gasteiger partial charge in [-0.25, -0.2) is 8.42 Å². The maximum atomic E-state index is 14.0. The van der Waals surface area contributed by atoms with Crippen molar-refractivity contribution in [1.29, 1.82) is 0 Å². The van der Waals surface area contributed by atoms with Crippen molar-refractivity contribution in [2.75, 3.05) is 17.4 Å². The second-order valence-electron chi connectivity index (χ2n) is 9.34. The van der Waals surface area contributed by atoms with E-state index in [-0.39, 0.29) is 17.3 Å². The minimum atomic E-state index is -4.15. The van der Waals surface area contributed by atoms with Gasteiger partial charge in [0, 0.05) is 33.2 Å². The molecular weight excluding hydrogens is 637 g/mol. The number of nitrogens with one attached hydrogen (secondary N) is 1. The molecule has 0 aromatic heterocycles. The SMILES string of the molecule is CCCCNC(=O)C(C)N(Cc1c(Cl)cccc1Cl)C(=O)CN(c1ccc(Br)cc1)S(=O)(=O)c1ccc(C)cc1. The van der Waals surface area contributed by atoms with Gasteiger partial charge < -0.3 is 10.2 Å². The molecule has 0 saturated heterocycles. The number of carbonyl (C=O) groups is 2. The first kappa shape index (κ1) is 31.9. The zero-order chi connectivity index (χ0) is 29.4. The van der Waals surface area contributed by atoms with Crippen molar-refractivity contribution in [2.24, 2.45) is 0 Å². The van der Waals surface area contributed by atoms with E-state index in [0.29, 0.717) is 27.8 Å². The van der Waals surface area contributed by atoms with Crippen LogP contribution < -0.4 is 9.62 Å². The lowest BCUT2D eigenvalue weighted by atomic mass is 10.1. The molecule has 0 spiro atoms. The molecular formula is C29H32BrCl2N3O4S. The van der Waals surface area contributed by atoms with Crippen LogP contribution in [0.3, 0.4) is 0 Å². The molecule has 0 radical (unpaired) electrons. The standard InChI is InChI=1S/C29H32BrCl2N3O4S/c1-4-5-17-33-29(37)21(3)34(18-25-26(31)7-6-8-27(25)32)28(36)19-35(23-13-11-22(30)12-14-23)40(38,39)24-15-9-20(2)10-16-24/h6-16,21H,4-5,17-19H2,1-3H3,(H,33,37). The molecule has 2 amide bonds. The lowest BCUT2D eigenvalue weighted by molar-refractivity contribution is -0.139. The second kappa shape index (κ2) is 14.3. The number of halogens is 3. The summed E-state index contributed by atoms with van der Waals surface area (Å²) in [6.45, 7) is 5.29. The average Bonchev–Trinajstić information content (AvgIpc) is 2.92. The molecule has 3 aromatic carbocycles. The van der Waals surface area contributed by atoms with E-state index in [9.17, 15) is 18.0 Å². The van der Waals surface area contributed by atoms with Crippen molar-refractivity contribution in [3.05, 3.63) is 92.4 Å². The Hall–Kier alpha value is -2.59. The summed E-state index contributed by atoms with van der Waals surface area (Å²) in [4.78, 5) is 28.4. The summed E-state index contributed by atoms with van der Waals surface area (Å²) in [6.07, 6.45) is 1.68. The van der Waals surface area contributed by atoms with Crippen LogP contribution in [0.25, 0.3) is 0 Å². The largest absolute Gasteiger partial charge is 0.354 e. The highest BCUT2D eigenvalue weighted by atomic mass is 79.9. The van der Waals surface area contributed by atoms with Crippen molar-refractivity contribution >= 4 is 66.7 Å². The molecule has 11 heteroatoms. The third-order valence-corrected chi connectivity index (χ3v) is 9.41. The Morgan fingerprint density at radius 1 is 0.975 bits per heavy atom. The number of sulfonamides is 1. The van der Waals surface area contributed by atoms with Crippen molar-refractivity contribution in [1.82, 2.24) is 10.2 Å².